The molecule has 0 saturated heterocycles. The van der Waals surface area contributed by atoms with Crippen molar-refractivity contribution in [3.63, 3.8) is 0 Å². The van der Waals surface area contributed by atoms with Gasteiger partial charge in [0.1, 0.15) is 12.4 Å². The Hall–Kier alpha value is -2.16. The van der Waals surface area contributed by atoms with Gasteiger partial charge < -0.3 is 4.74 Å². The van der Waals surface area contributed by atoms with Crippen molar-refractivity contribution in [3.8, 4) is 0 Å². The molecule has 1 heterocycles. The first-order valence-electron chi connectivity index (χ1n) is 5.37. The van der Waals surface area contributed by atoms with Crippen LogP contribution in [0.25, 0.3) is 6.08 Å². The lowest BCUT2D eigenvalue weighted by molar-refractivity contribution is -0.142. The highest BCUT2D eigenvalue weighted by Crippen LogP contribution is 2.16. The molecule has 0 unspecified atom stereocenters. The second kappa shape index (κ2) is 5.25. The molecule has 0 fully saturated rings. The maximum Gasteiger partial charge on any atom is 0.331 e. The van der Waals surface area contributed by atoms with Crippen LogP contribution in [-0.4, -0.2) is 18.4 Å². The van der Waals surface area contributed by atoms with Gasteiger partial charge in [0, 0.05) is 18.1 Å². The van der Waals surface area contributed by atoms with E-state index >= 15 is 0 Å². The minimum Gasteiger partial charge on any atom is -0.455 e. The molecule has 0 saturated carbocycles. The molecule has 1 aliphatic heterocycles. The van der Waals surface area contributed by atoms with Crippen LogP contribution >= 0.6 is 0 Å². The van der Waals surface area contributed by atoms with E-state index in [4.69, 9.17) is 4.74 Å². The summed E-state index contributed by atoms with van der Waals surface area (Å²) in [7, 11) is 0. The van der Waals surface area contributed by atoms with Crippen LogP contribution in [0.1, 0.15) is 12.0 Å². The summed E-state index contributed by atoms with van der Waals surface area (Å²) in [5.41, 5.74) is 1.51. The molecule has 0 amide bonds. The van der Waals surface area contributed by atoms with Crippen LogP contribution in [-0.2, 0) is 14.3 Å². The van der Waals surface area contributed by atoms with Gasteiger partial charge in [0.25, 0.3) is 0 Å². The lowest BCUT2D eigenvalue weighted by Crippen LogP contribution is -2.21. The number of carbonyl (C=O) groups is 2. The number of benzene rings is 1. The fraction of sp³-hybridized carbons (Fsp3) is 0.143. The Kier molecular flexibility index (Phi) is 3.50. The Morgan fingerprint density at radius 1 is 1.24 bits per heavy atom. The highest BCUT2D eigenvalue weighted by molar-refractivity contribution is 5.91. The first kappa shape index (κ1) is 11.3. The zero-order valence-electron chi connectivity index (χ0n) is 9.21. The Balaban J connectivity index is 2.06. The number of carbonyl (C=O) groups excluding carboxylic acids is 2. The van der Waals surface area contributed by atoms with E-state index in [9.17, 15) is 9.59 Å². The van der Waals surface area contributed by atoms with E-state index in [0.717, 1.165) is 5.56 Å². The minimum absolute atomic E-state index is 0.354. The number of ether oxygens (including phenoxy) is 1. The van der Waals surface area contributed by atoms with Gasteiger partial charge in [-0.1, -0.05) is 36.4 Å². The fourth-order valence-electron chi connectivity index (χ4n) is 1.64. The Morgan fingerprint density at radius 3 is 2.71 bits per heavy atom. The van der Waals surface area contributed by atoms with E-state index in [0.29, 0.717) is 18.3 Å². The number of hydrogen-bond acceptors (Lipinski definition) is 3. The molecule has 86 valence electrons. The molecule has 17 heavy (non-hydrogen) atoms. The minimum atomic E-state index is -0.457. The van der Waals surface area contributed by atoms with Gasteiger partial charge in [-0.05, 0) is 11.6 Å². The van der Waals surface area contributed by atoms with E-state index in [2.05, 4.69) is 0 Å². The van der Waals surface area contributed by atoms with Gasteiger partial charge in [-0.3, -0.25) is 4.79 Å². The van der Waals surface area contributed by atoms with E-state index < -0.39 is 5.97 Å². The lowest BCUT2D eigenvalue weighted by Gasteiger charge is -2.17. The van der Waals surface area contributed by atoms with Crippen LogP contribution in [0.2, 0.25) is 0 Å². The first-order chi connectivity index (χ1) is 8.28. The zero-order chi connectivity index (χ0) is 12.1. The summed E-state index contributed by atoms with van der Waals surface area (Å²) in [6.45, 7) is 0. The van der Waals surface area contributed by atoms with Crippen molar-refractivity contribution >= 4 is 18.3 Å². The third kappa shape index (κ3) is 3.14. The third-order valence-electron chi connectivity index (χ3n) is 2.46. The predicted molar refractivity (Wildman–Crippen MR) is 64.1 cm³/mol. The quantitative estimate of drug-likeness (QED) is 0.588. The molecule has 2 rings (SSSR count). The molecular formula is C14H12O3. The van der Waals surface area contributed by atoms with Crippen LogP contribution < -0.4 is 0 Å². The van der Waals surface area contributed by atoms with E-state index in [1.165, 1.54) is 6.08 Å². The van der Waals surface area contributed by atoms with Gasteiger partial charge in [-0.15, -0.1) is 0 Å². The second-order valence-electron chi connectivity index (χ2n) is 3.79. The number of hydrogen-bond donors (Lipinski definition) is 0. The van der Waals surface area contributed by atoms with Crippen molar-refractivity contribution in [3.05, 3.63) is 53.6 Å². The first-order valence-corrected chi connectivity index (χ1v) is 5.37. The van der Waals surface area contributed by atoms with Crippen LogP contribution in [0.5, 0.6) is 0 Å². The molecule has 1 aromatic rings. The van der Waals surface area contributed by atoms with Crippen molar-refractivity contribution < 1.29 is 14.3 Å². The molecule has 3 nitrogen and oxygen atoms in total. The van der Waals surface area contributed by atoms with E-state index in [1.807, 2.05) is 36.4 Å². The predicted octanol–water partition coefficient (Wildman–Crippen LogP) is 2.14. The smallest absolute Gasteiger partial charge is 0.331 e. The Bertz CT molecular complexity index is 472. The van der Waals surface area contributed by atoms with E-state index in [-0.39, 0.29) is 6.10 Å². The number of cyclic esters (lactones) is 1. The van der Waals surface area contributed by atoms with Gasteiger partial charge in [0.15, 0.2) is 0 Å². The van der Waals surface area contributed by atoms with Gasteiger partial charge in [-0.2, -0.15) is 0 Å². The van der Waals surface area contributed by atoms with Crippen molar-refractivity contribution in [2.45, 2.75) is 12.5 Å². The molecule has 1 atom stereocenters. The van der Waals surface area contributed by atoms with Crippen molar-refractivity contribution in [2.24, 2.45) is 0 Å². The van der Waals surface area contributed by atoms with Crippen molar-refractivity contribution in [2.75, 3.05) is 0 Å². The highest BCUT2D eigenvalue weighted by atomic mass is 16.5. The number of esters is 1. The molecule has 0 N–H and O–H groups in total. The second-order valence-corrected chi connectivity index (χ2v) is 3.79. The Morgan fingerprint density at radius 2 is 2.00 bits per heavy atom. The van der Waals surface area contributed by atoms with Crippen molar-refractivity contribution in [1.82, 2.24) is 0 Å². The van der Waals surface area contributed by atoms with Crippen LogP contribution in [0.4, 0.5) is 0 Å². The van der Waals surface area contributed by atoms with Gasteiger partial charge >= 0.3 is 5.97 Å². The molecule has 0 radical (unpaired) electrons. The monoisotopic (exact) mass is 228 g/mol. The van der Waals surface area contributed by atoms with E-state index in [1.54, 1.807) is 6.08 Å². The zero-order valence-corrected chi connectivity index (χ0v) is 9.21. The van der Waals surface area contributed by atoms with Gasteiger partial charge in [0.05, 0.1) is 0 Å². The summed E-state index contributed by atoms with van der Waals surface area (Å²) >= 11 is 0. The molecular weight excluding hydrogens is 216 g/mol. The normalized spacial score (nSPS) is 19.9. The van der Waals surface area contributed by atoms with Crippen molar-refractivity contribution in [1.29, 1.82) is 0 Å². The summed E-state index contributed by atoms with van der Waals surface area (Å²) in [5, 5.41) is 0. The lowest BCUT2D eigenvalue weighted by atomic mass is 10.1. The molecule has 1 aromatic carbocycles. The van der Waals surface area contributed by atoms with Gasteiger partial charge in [-0.25, -0.2) is 4.79 Å². The molecule has 0 bridgehead atoms. The van der Waals surface area contributed by atoms with Gasteiger partial charge in [0.2, 0.25) is 0 Å². The fourth-order valence-corrected chi connectivity index (χ4v) is 1.64. The number of rotatable bonds is 3. The average Bonchev–Trinajstić information content (AvgIpc) is 2.37. The summed E-state index contributed by atoms with van der Waals surface area (Å²) in [6, 6.07) is 9.72. The summed E-state index contributed by atoms with van der Waals surface area (Å²) in [5.74, 6) is -0.457. The maximum atomic E-state index is 11.2. The summed E-state index contributed by atoms with van der Waals surface area (Å²) in [4.78, 5) is 21.8. The summed E-state index contributed by atoms with van der Waals surface area (Å²) in [6.07, 6.45) is 5.70. The largest absolute Gasteiger partial charge is 0.455 e. The molecule has 0 spiro atoms. The Labute approximate surface area is 99.4 Å². The standard InChI is InChI=1S/C14H12O3/c15-10-12-8-13(17-14(16)9-12)7-6-11-4-2-1-3-5-11/h1-7,9-10,13H,8H2/b7-6+/t13-/m0/s1. The molecule has 0 aliphatic carbocycles. The summed E-state index contributed by atoms with van der Waals surface area (Å²) < 4.78 is 5.08. The topological polar surface area (TPSA) is 43.4 Å². The SMILES string of the molecule is O=CC1=CC(=O)O[C@@H](/C=C/c2ccccc2)C1. The third-order valence-corrected chi connectivity index (χ3v) is 2.46. The van der Waals surface area contributed by atoms with Crippen LogP contribution in [0, 0.1) is 0 Å². The maximum absolute atomic E-state index is 11.2. The number of aldehydes is 1. The molecule has 3 heteroatoms. The molecule has 0 aromatic heterocycles. The highest BCUT2D eigenvalue weighted by Gasteiger charge is 2.18. The van der Waals surface area contributed by atoms with Crippen LogP contribution in [0.3, 0.4) is 0 Å². The molecule has 1 aliphatic rings. The average molecular weight is 228 g/mol. The van der Waals surface area contributed by atoms with Crippen LogP contribution in [0.15, 0.2) is 48.1 Å².